The van der Waals surface area contributed by atoms with Crippen molar-refractivity contribution in [2.45, 2.75) is 11.5 Å². The minimum absolute atomic E-state index is 0.417. The van der Waals surface area contributed by atoms with Gasteiger partial charge in [0.15, 0.2) is 5.22 Å². The maximum atomic E-state index is 5.66. The first kappa shape index (κ1) is 10.8. The molecule has 2 N–H and O–H groups in total. The molecule has 0 saturated heterocycles. The predicted molar refractivity (Wildman–Crippen MR) is 63.0 cm³/mol. The Morgan fingerprint density at radius 1 is 1.47 bits per heavy atom. The van der Waals surface area contributed by atoms with Gasteiger partial charge in [-0.15, -0.1) is 16.9 Å². The highest BCUT2D eigenvalue weighted by Gasteiger charge is 2.05. The van der Waals surface area contributed by atoms with Crippen molar-refractivity contribution in [3.63, 3.8) is 0 Å². The Balaban J connectivity index is 1.83. The van der Waals surface area contributed by atoms with Gasteiger partial charge in [-0.05, 0) is 23.7 Å². The van der Waals surface area contributed by atoms with Gasteiger partial charge in [0.05, 0.1) is 5.75 Å². The second kappa shape index (κ2) is 4.87. The minimum Gasteiger partial charge on any atom is -0.449 e. The number of halogens is 1. The zero-order valence-corrected chi connectivity index (χ0v) is 10.0. The molecule has 0 bridgehead atoms. The van der Waals surface area contributed by atoms with E-state index in [0.717, 1.165) is 23.0 Å². The predicted octanol–water partition coefficient (Wildman–Crippen LogP) is 2.80. The van der Waals surface area contributed by atoms with E-state index in [4.69, 9.17) is 21.8 Å². The van der Waals surface area contributed by atoms with Gasteiger partial charge in [0.2, 0.25) is 0 Å². The highest BCUT2D eigenvalue weighted by molar-refractivity contribution is 7.97. The van der Waals surface area contributed by atoms with Crippen LogP contribution in [-0.4, -0.2) is 9.59 Å². The molecule has 2 aromatic heterocycles. The molecule has 7 heteroatoms. The summed E-state index contributed by atoms with van der Waals surface area (Å²) < 4.78 is 8.97. The fourth-order valence-corrected chi connectivity index (χ4v) is 2.56. The Kier molecular flexibility index (Phi) is 3.50. The molecule has 0 aromatic carbocycles. The van der Waals surface area contributed by atoms with Crippen molar-refractivity contribution in [2.75, 3.05) is 5.73 Å². The summed E-state index contributed by atoms with van der Waals surface area (Å²) >= 11 is 8.52. The lowest BCUT2D eigenvalue weighted by atomic mass is 10.5. The van der Waals surface area contributed by atoms with Crippen LogP contribution in [0.15, 0.2) is 16.5 Å². The lowest BCUT2D eigenvalue weighted by Gasteiger charge is -1.96. The summed E-state index contributed by atoms with van der Waals surface area (Å²) in [6.07, 6.45) is 0. The Morgan fingerprint density at radius 2 is 2.33 bits per heavy atom. The van der Waals surface area contributed by atoms with E-state index in [-0.39, 0.29) is 0 Å². The summed E-state index contributed by atoms with van der Waals surface area (Å²) in [4.78, 5) is 0. The van der Waals surface area contributed by atoms with Crippen molar-refractivity contribution < 1.29 is 4.42 Å². The Hall–Kier alpha value is -0.720. The van der Waals surface area contributed by atoms with Gasteiger partial charge in [-0.3, -0.25) is 0 Å². The van der Waals surface area contributed by atoms with Crippen molar-refractivity contribution in [1.82, 2.24) is 9.59 Å². The average Bonchev–Trinajstić information content (AvgIpc) is 2.77. The van der Waals surface area contributed by atoms with Gasteiger partial charge < -0.3 is 10.2 Å². The van der Waals surface area contributed by atoms with Crippen LogP contribution < -0.4 is 5.73 Å². The molecule has 15 heavy (non-hydrogen) atoms. The van der Waals surface area contributed by atoms with Crippen LogP contribution in [0, 0.1) is 0 Å². The Morgan fingerprint density at radius 3 is 2.93 bits per heavy atom. The number of nitrogens with zero attached hydrogens (tertiary/aromatic N) is 2. The molecule has 2 aromatic rings. The number of thioether (sulfide) groups is 1. The fraction of sp³-hybridized carbons (Fsp3) is 0.250. The van der Waals surface area contributed by atoms with Gasteiger partial charge in [-0.1, -0.05) is 4.49 Å². The van der Waals surface area contributed by atoms with E-state index in [2.05, 4.69) is 9.59 Å². The number of rotatable bonds is 4. The molecular formula is C8H8ClN3OS2. The molecule has 0 fully saturated rings. The number of nitrogen functional groups attached to an aromatic ring is 1. The monoisotopic (exact) mass is 261 g/mol. The van der Waals surface area contributed by atoms with E-state index < -0.39 is 0 Å². The van der Waals surface area contributed by atoms with E-state index in [1.807, 2.05) is 6.07 Å². The van der Waals surface area contributed by atoms with Crippen LogP contribution in [0.2, 0.25) is 5.22 Å². The van der Waals surface area contributed by atoms with Crippen molar-refractivity contribution in [3.05, 3.63) is 28.8 Å². The van der Waals surface area contributed by atoms with Gasteiger partial charge >= 0.3 is 0 Å². The molecule has 0 saturated carbocycles. The second-order valence-corrected chi connectivity index (χ2v) is 4.93. The molecule has 80 valence electrons. The normalized spacial score (nSPS) is 10.7. The summed E-state index contributed by atoms with van der Waals surface area (Å²) in [5, 5.41) is 5.02. The molecule has 0 amide bonds. The zero-order chi connectivity index (χ0) is 10.7. The first-order chi connectivity index (χ1) is 7.25. The van der Waals surface area contributed by atoms with E-state index in [1.165, 1.54) is 11.5 Å². The van der Waals surface area contributed by atoms with E-state index in [1.54, 1.807) is 17.8 Å². The third-order valence-corrected chi connectivity index (χ3v) is 3.46. The topological polar surface area (TPSA) is 64.9 Å². The van der Waals surface area contributed by atoms with Gasteiger partial charge in [0.25, 0.3) is 0 Å². The summed E-state index contributed by atoms with van der Waals surface area (Å²) in [6, 6.07) is 3.59. The number of hydrogen-bond donors (Lipinski definition) is 1. The van der Waals surface area contributed by atoms with Crippen molar-refractivity contribution in [3.8, 4) is 0 Å². The Labute approximate surface area is 100.0 Å². The summed E-state index contributed by atoms with van der Waals surface area (Å²) in [5.74, 6) is 2.34. The molecule has 4 nitrogen and oxygen atoms in total. The summed E-state index contributed by atoms with van der Waals surface area (Å²) in [5.41, 5.74) is 6.50. The lowest BCUT2D eigenvalue weighted by Crippen LogP contribution is -1.89. The van der Waals surface area contributed by atoms with Crippen LogP contribution in [0.5, 0.6) is 0 Å². The molecule has 0 atom stereocenters. The molecule has 0 spiro atoms. The highest BCUT2D eigenvalue weighted by Crippen LogP contribution is 2.23. The van der Waals surface area contributed by atoms with Crippen LogP contribution in [0.25, 0.3) is 0 Å². The standard InChI is InChI=1S/C8H8ClN3OS2/c9-7-2-1-5(13-7)3-14-4-6-8(10)15-12-11-6/h1-2H,3-4,10H2. The maximum absolute atomic E-state index is 5.66. The molecular weight excluding hydrogens is 254 g/mol. The minimum atomic E-state index is 0.417. The molecule has 0 radical (unpaired) electrons. The fourth-order valence-electron chi connectivity index (χ4n) is 0.993. The van der Waals surface area contributed by atoms with Crippen LogP contribution in [0.4, 0.5) is 5.00 Å². The van der Waals surface area contributed by atoms with Gasteiger partial charge in [-0.25, -0.2) is 0 Å². The zero-order valence-electron chi connectivity index (χ0n) is 7.64. The lowest BCUT2D eigenvalue weighted by molar-refractivity contribution is 0.532. The number of anilines is 1. The van der Waals surface area contributed by atoms with Crippen LogP contribution in [-0.2, 0) is 11.5 Å². The quantitative estimate of drug-likeness (QED) is 0.917. The SMILES string of the molecule is Nc1snnc1CSCc1ccc(Cl)o1. The maximum Gasteiger partial charge on any atom is 0.193 e. The van der Waals surface area contributed by atoms with Crippen molar-refractivity contribution in [1.29, 1.82) is 0 Å². The van der Waals surface area contributed by atoms with Crippen LogP contribution in [0.3, 0.4) is 0 Å². The van der Waals surface area contributed by atoms with E-state index in [9.17, 15) is 0 Å². The van der Waals surface area contributed by atoms with Gasteiger partial charge in [0.1, 0.15) is 16.5 Å². The largest absolute Gasteiger partial charge is 0.449 e. The van der Waals surface area contributed by atoms with Crippen LogP contribution >= 0.6 is 34.9 Å². The number of hydrogen-bond acceptors (Lipinski definition) is 6. The number of nitrogens with two attached hydrogens (primary N) is 1. The average molecular weight is 262 g/mol. The van der Waals surface area contributed by atoms with Crippen molar-refractivity contribution >= 4 is 39.9 Å². The third kappa shape index (κ3) is 2.87. The van der Waals surface area contributed by atoms with Gasteiger partial charge in [-0.2, -0.15) is 0 Å². The Bertz CT molecular complexity index is 443. The number of aromatic nitrogens is 2. The summed E-state index contributed by atoms with van der Waals surface area (Å²) in [6.45, 7) is 0. The molecule has 0 aliphatic rings. The smallest absolute Gasteiger partial charge is 0.193 e. The third-order valence-electron chi connectivity index (χ3n) is 1.70. The first-order valence-corrected chi connectivity index (χ1v) is 6.45. The number of furan rings is 1. The molecule has 0 aliphatic carbocycles. The first-order valence-electron chi connectivity index (χ1n) is 4.14. The van der Waals surface area contributed by atoms with E-state index in [0.29, 0.717) is 10.2 Å². The van der Waals surface area contributed by atoms with Crippen LogP contribution in [0.1, 0.15) is 11.5 Å². The van der Waals surface area contributed by atoms with Crippen molar-refractivity contribution in [2.24, 2.45) is 0 Å². The second-order valence-electron chi connectivity index (χ2n) is 2.78. The van der Waals surface area contributed by atoms with Gasteiger partial charge in [0, 0.05) is 17.3 Å². The molecule has 2 rings (SSSR count). The molecule has 2 heterocycles. The summed E-state index contributed by atoms with van der Waals surface area (Å²) in [7, 11) is 0. The van der Waals surface area contributed by atoms with E-state index >= 15 is 0 Å². The molecule has 0 aliphatic heterocycles. The molecule has 0 unspecified atom stereocenters. The highest BCUT2D eigenvalue weighted by atomic mass is 35.5.